The van der Waals surface area contributed by atoms with Crippen LogP contribution in [0.15, 0.2) is 12.2 Å². The second-order valence-corrected chi connectivity index (χ2v) is 8.27. The summed E-state index contributed by atoms with van der Waals surface area (Å²) >= 11 is 3.17. The molecule has 0 aliphatic rings. The zero-order valence-electron chi connectivity index (χ0n) is 15.8. The number of alkyl halides is 1. The van der Waals surface area contributed by atoms with Crippen LogP contribution in [-0.2, 0) is 15.2 Å². The van der Waals surface area contributed by atoms with E-state index in [0.29, 0.717) is 0 Å². The molecule has 0 aromatic heterocycles. The van der Waals surface area contributed by atoms with Crippen LogP contribution in [-0.4, -0.2) is 33.4 Å². The van der Waals surface area contributed by atoms with Gasteiger partial charge in [-0.05, 0) is 32.1 Å². The average molecular weight is 459 g/mol. The number of allylic oxidation sites excluding steroid dienone is 2. The van der Waals surface area contributed by atoms with Gasteiger partial charge in [0, 0.05) is 0 Å². The highest BCUT2D eigenvalue weighted by Gasteiger charge is 2.11. The number of carboxylic acid groups (broad SMARTS) is 1. The second-order valence-electron chi connectivity index (χ2n) is 6.27. The summed E-state index contributed by atoms with van der Waals surface area (Å²) in [6.45, 7) is 2.26. The van der Waals surface area contributed by atoms with E-state index < -0.39 is 16.4 Å². The van der Waals surface area contributed by atoms with Crippen molar-refractivity contribution >= 4 is 32.3 Å². The molecule has 0 rings (SSSR count). The molecule has 0 fully saturated rings. The highest BCUT2D eigenvalue weighted by atomic mass is 79.9. The van der Waals surface area contributed by atoms with E-state index in [1.165, 1.54) is 64.2 Å². The van der Waals surface area contributed by atoms with Crippen molar-refractivity contribution in [1.82, 2.24) is 0 Å². The third-order valence-corrected chi connectivity index (χ3v) is 4.59. The van der Waals surface area contributed by atoms with Crippen molar-refractivity contribution in [3.8, 4) is 0 Å². The van der Waals surface area contributed by atoms with Crippen LogP contribution in [0.4, 0.5) is 0 Å². The van der Waals surface area contributed by atoms with Crippen LogP contribution in [0.3, 0.4) is 0 Å². The smallest absolute Gasteiger partial charge is 0.394 e. The minimum Gasteiger partial charge on any atom is -0.480 e. The van der Waals surface area contributed by atoms with Gasteiger partial charge in [0.15, 0.2) is 0 Å². The fraction of sp³-hybridized carbons (Fsp3) is 0.833. The molecular formula is C18H35BrO6S. The Hall–Kier alpha value is -0.440. The summed E-state index contributed by atoms with van der Waals surface area (Å²) in [5.74, 6) is -0.743. The van der Waals surface area contributed by atoms with Crippen molar-refractivity contribution in [3.63, 3.8) is 0 Å². The Balaban J connectivity index is 0. The molecule has 1 unspecified atom stereocenters. The molecule has 0 aromatic rings. The summed E-state index contributed by atoms with van der Waals surface area (Å²) in [7, 11) is -4.67. The summed E-state index contributed by atoms with van der Waals surface area (Å²) in [6.07, 6.45) is 20.6. The quantitative estimate of drug-likeness (QED) is 0.123. The van der Waals surface area contributed by atoms with E-state index in [2.05, 4.69) is 35.0 Å². The van der Waals surface area contributed by atoms with Gasteiger partial charge in [-0.2, -0.15) is 8.42 Å². The van der Waals surface area contributed by atoms with Crippen LogP contribution in [0.25, 0.3) is 0 Å². The van der Waals surface area contributed by atoms with Crippen molar-refractivity contribution in [2.24, 2.45) is 0 Å². The van der Waals surface area contributed by atoms with Crippen LogP contribution in [0.2, 0.25) is 0 Å². The largest absolute Gasteiger partial charge is 0.480 e. The minimum atomic E-state index is -4.67. The molecule has 6 nitrogen and oxygen atoms in total. The lowest BCUT2D eigenvalue weighted by Gasteiger charge is -2.03. The molecule has 3 N–H and O–H groups in total. The predicted octanol–water partition coefficient (Wildman–Crippen LogP) is 5.83. The van der Waals surface area contributed by atoms with Crippen LogP contribution in [0.1, 0.15) is 90.4 Å². The van der Waals surface area contributed by atoms with Gasteiger partial charge in [0.05, 0.1) is 0 Å². The van der Waals surface area contributed by atoms with E-state index in [4.69, 9.17) is 22.6 Å². The first kappa shape index (κ1) is 27.8. The minimum absolute atomic E-state index is 0.366. The Kier molecular flexibility index (Phi) is 20.6. The van der Waals surface area contributed by atoms with Gasteiger partial charge in [-0.3, -0.25) is 13.9 Å². The normalized spacial score (nSPS) is 12.6. The van der Waals surface area contributed by atoms with E-state index in [0.717, 1.165) is 19.3 Å². The van der Waals surface area contributed by atoms with Gasteiger partial charge in [-0.15, -0.1) is 0 Å². The zero-order chi connectivity index (χ0) is 20.3. The molecule has 0 bridgehead atoms. The van der Waals surface area contributed by atoms with Crippen LogP contribution >= 0.6 is 15.9 Å². The summed E-state index contributed by atoms with van der Waals surface area (Å²) < 4.78 is 31.6. The Morgan fingerprint density at radius 2 is 1.27 bits per heavy atom. The summed E-state index contributed by atoms with van der Waals surface area (Å²) in [4.78, 5) is 10.2. The maximum Gasteiger partial charge on any atom is 0.394 e. The number of halogens is 1. The highest BCUT2D eigenvalue weighted by molar-refractivity contribution is 9.10. The monoisotopic (exact) mass is 458 g/mol. The van der Waals surface area contributed by atoms with Gasteiger partial charge < -0.3 is 5.11 Å². The molecule has 0 aliphatic heterocycles. The first-order valence-corrected chi connectivity index (χ1v) is 11.7. The molecule has 156 valence electrons. The fourth-order valence-electron chi connectivity index (χ4n) is 2.34. The summed E-state index contributed by atoms with van der Waals surface area (Å²) in [5.41, 5.74) is 0. The lowest BCUT2D eigenvalue weighted by atomic mass is 10.1. The standard InChI is InChI=1S/C18H33BrO2.H2O4S/c1-2-3-4-5-6-7-8-9-10-11-12-13-14-15-16-17(19)18(20)21;1-5(2,3)4/h9-10,17H,2-8,11-16H2,1H3,(H,20,21);(H2,1,2,3,4)/b10-9-;. The first-order valence-electron chi connectivity index (χ1n) is 9.40. The van der Waals surface area contributed by atoms with Crippen molar-refractivity contribution in [3.05, 3.63) is 12.2 Å². The highest BCUT2D eigenvalue weighted by Crippen LogP contribution is 2.13. The molecule has 1 atom stereocenters. The summed E-state index contributed by atoms with van der Waals surface area (Å²) in [6, 6.07) is 0. The Bertz CT molecular complexity index is 443. The van der Waals surface area contributed by atoms with Crippen molar-refractivity contribution in [1.29, 1.82) is 0 Å². The van der Waals surface area contributed by atoms with Gasteiger partial charge in [0.2, 0.25) is 0 Å². The number of aliphatic carboxylic acids is 1. The molecule has 0 spiro atoms. The fourth-order valence-corrected chi connectivity index (χ4v) is 2.66. The van der Waals surface area contributed by atoms with Crippen LogP contribution in [0, 0.1) is 0 Å². The second kappa shape index (κ2) is 19.3. The Morgan fingerprint density at radius 1 is 0.885 bits per heavy atom. The van der Waals surface area contributed by atoms with E-state index in [9.17, 15) is 4.79 Å². The molecule has 26 heavy (non-hydrogen) atoms. The third-order valence-electron chi connectivity index (χ3n) is 3.74. The third kappa shape index (κ3) is 31.3. The molecule has 0 saturated carbocycles. The number of rotatable bonds is 15. The van der Waals surface area contributed by atoms with E-state index in [1.807, 2.05) is 0 Å². The zero-order valence-corrected chi connectivity index (χ0v) is 18.2. The van der Waals surface area contributed by atoms with Gasteiger partial charge in [0.1, 0.15) is 4.83 Å². The predicted molar refractivity (Wildman–Crippen MR) is 109 cm³/mol. The van der Waals surface area contributed by atoms with Crippen molar-refractivity contribution < 1.29 is 27.4 Å². The molecule has 0 aliphatic carbocycles. The SMILES string of the molecule is CCCCCCCC/C=C\CCCCCCC(Br)C(=O)O.O=S(=O)(O)O. The molecule has 0 aromatic carbocycles. The van der Waals surface area contributed by atoms with Crippen LogP contribution < -0.4 is 0 Å². The van der Waals surface area contributed by atoms with Crippen molar-refractivity contribution in [2.75, 3.05) is 0 Å². The average Bonchev–Trinajstić information content (AvgIpc) is 2.53. The number of unbranched alkanes of at least 4 members (excludes halogenated alkanes) is 10. The number of carbonyl (C=O) groups is 1. The lowest BCUT2D eigenvalue weighted by molar-refractivity contribution is -0.136. The maximum atomic E-state index is 10.6. The summed E-state index contributed by atoms with van der Waals surface area (Å²) in [5, 5.41) is 8.73. The lowest BCUT2D eigenvalue weighted by Crippen LogP contribution is -2.11. The molecule has 0 saturated heterocycles. The van der Waals surface area contributed by atoms with E-state index in [-0.39, 0.29) is 4.83 Å². The van der Waals surface area contributed by atoms with E-state index >= 15 is 0 Å². The molecule has 0 radical (unpaired) electrons. The Morgan fingerprint density at radius 3 is 1.69 bits per heavy atom. The topological polar surface area (TPSA) is 112 Å². The number of hydrogen-bond acceptors (Lipinski definition) is 3. The van der Waals surface area contributed by atoms with Gasteiger partial charge in [-0.25, -0.2) is 0 Å². The van der Waals surface area contributed by atoms with Gasteiger partial charge >= 0.3 is 16.4 Å². The van der Waals surface area contributed by atoms with Crippen LogP contribution in [0.5, 0.6) is 0 Å². The molecule has 0 amide bonds. The van der Waals surface area contributed by atoms with Gasteiger partial charge in [-0.1, -0.05) is 86.4 Å². The Labute approximate surface area is 167 Å². The number of hydrogen-bond donors (Lipinski definition) is 3. The van der Waals surface area contributed by atoms with E-state index in [1.54, 1.807) is 0 Å². The first-order chi connectivity index (χ1) is 12.2. The van der Waals surface area contributed by atoms with Gasteiger partial charge in [0.25, 0.3) is 0 Å². The maximum absolute atomic E-state index is 10.6. The molecule has 8 heteroatoms. The molecular weight excluding hydrogens is 424 g/mol. The molecule has 0 heterocycles. The number of carboxylic acids is 1. The van der Waals surface area contributed by atoms with Crippen molar-refractivity contribution in [2.45, 2.75) is 95.2 Å².